The Labute approximate surface area is 176 Å². The number of hydrogen-bond acceptors (Lipinski definition) is 5. The van der Waals surface area contributed by atoms with Gasteiger partial charge in [-0.05, 0) is 106 Å². The molecule has 9 atom stereocenters. The Kier molecular flexibility index (Phi) is 6.04. The molecule has 29 heavy (non-hydrogen) atoms. The van der Waals surface area contributed by atoms with Gasteiger partial charge in [0, 0.05) is 12.8 Å². The Hall–Kier alpha value is -0.650. The van der Waals surface area contributed by atoms with Gasteiger partial charge in [0.05, 0.1) is 12.2 Å². The summed E-state index contributed by atoms with van der Waals surface area (Å²) in [5.74, 6) is 2.66. The summed E-state index contributed by atoms with van der Waals surface area (Å²) in [5, 5.41) is 26.1. The van der Waals surface area contributed by atoms with E-state index in [1.165, 1.54) is 12.8 Å². The van der Waals surface area contributed by atoms with Gasteiger partial charge < -0.3 is 20.0 Å². The first kappa shape index (κ1) is 21.6. The Morgan fingerprint density at radius 2 is 1.69 bits per heavy atom. The van der Waals surface area contributed by atoms with Crippen LogP contribution in [0.2, 0.25) is 0 Å². The number of aliphatic hydroxyl groups is 2. The second kappa shape index (κ2) is 8.12. The minimum absolute atomic E-state index is 0.0812. The van der Waals surface area contributed by atoms with Crippen molar-refractivity contribution in [2.75, 3.05) is 27.2 Å². The fraction of sp³-hybridized carbons (Fsp3) is 0.958. The molecule has 0 aromatic heterocycles. The van der Waals surface area contributed by atoms with Gasteiger partial charge in [-0.1, -0.05) is 19.0 Å². The van der Waals surface area contributed by atoms with Crippen LogP contribution in [0.4, 0.5) is 0 Å². The Balaban J connectivity index is 1.42. The van der Waals surface area contributed by atoms with Crippen LogP contribution in [0.25, 0.3) is 0 Å². The Morgan fingerprint density at radius 3 is 2.45 bits per heavy atom. The van der Waals surface area contributed by atoms with Crippen molar-refractivity contribution in [3.05, 3.63) is 0 Å². The quantitative estimate of drug-likeness (QED) is 0.416. The number of aliphatic hydroxyl groups excluding tert-OH is 2. The van der Waals surface area contributed by atoms with Crippen molar-refractivity contribution in [2.45, 2.75) is 77.4 Å². The first-order valence-electron chi connectivity index (χ1n) is 11.9. The van der Waals surface area contributed by atoms with E-state index in [-0.39, 0.29) is 23.0 Å². The molecular weight excluding hydrogens is 364 g/mol. The van der Waals surface area contributed by atoms with Gasteiger partial charge in [0.1, 0.15) is 6.61 Å². The fourth-order valence-corrected chi connectivity index (χ4v) is 7.84. The smallest absolute Gasteiger partial charge is 0.129 e. The van der Waals surface area contributed by atoms with Crippen molar-refractivity contribution in [3.63, 3.8) is 0 Å². The van der Waals surface area contributed by atoms with Crippen LogP contribution in [0.1, 0.15) is 65.2 Å². The molecule has 0 spiro atoms. The lowest BCUT2D eigenvalue weighted by Crippen LogP contribution is -2.58. The molecule has 4 fully saturated rings. The van der Waals surface area contributed by atoms with Crippen molar-refractivity contribution in [1.29, 1.82) is 0 Å². The predicted molar refractivity (Wildman–Crippen MR) is 116 cm³/mol. The van der Waals surface area contributed by atoms with Crippen molar-refractivity contribution in [3.8, 4) is 0 Å². The van der Waals surface area contributed by atoms with Gasteiger partial charge in [0.15, 0.2) is 0 Å². The zero-order chi connectivity index (χ0) is 20.8. The second-order valence-corrected chi connectivity index (χ2v) is 11.4. The van der Waals surface area contributed by atoms with Crippen LogP contribution in [-0.2, 0) is 4.84 Å². The third-order valence-electron chi connectivity index (χ3n) is 9.65. The minimum Gasteiger partial charge on any atom is -0.395 e. The highest BCUT2D eigenvalue weighted by Gasteiger charge is 2.61. The highest BCUT2D eigenvalue weighted by atomic mass is 16.6. The van der Waals surface area contributed by atoms with E-state index in [0.717, 1.165) is 45.1 Å². The molecule has 0 radical (unpaired) electrons. The van der Waals surface area contributed by atoms with E-state index in [2.05, 4.69) is 23.9 Å². The maximum atomic E-state index is 11.2. The third kappa shape index (κ3) is 3.76. The first-order valence-corrected chi connectivity index (χ1v) is 11.9. The molecule has 4 saturated carbocycles. The molecule has 0 unspecified atom stereocenters. The van der Waals surface area contributed by atoms with Gasteiger partial charge >= 0.3 is 0 Å². The third-order valence-corrected chi connectivity index (χ3v) is 9.65. The number of likely N-dealkylation sites (N-methyl/N-ethyl adjacent to an activating group) is 1. The molecule has 0 aliphatic heterocycles. The lowest BCUT2D eigenvalue weighted by Gasteiger charge is -2.62. The van der Waals surface area contributed by atoms with Crippen LogP contribution in [0.3, 0.4) is 0 Å². The molecule has 4 rings (SSSR count). The molecule has 5 nitrogen and oxygen atoms in total. The molecule has 0 saturated heterocycles. The predicted octanol–water partition coefficient (Wildman–Crippen LogP) is 3.54. The summed E-state index contributed by atoms with van der Waals surface area (Å²) in [7, 11) is 4.07. The maximum absolute atomic E-state index is 11.2. The van der Waals surface area contributed by atoms with Crippen LogP contribution in [0, 0.1) is 40.4 Å². The van der Waals surface area contributed by atoms with E-state index >= 15 is 0 Å². The van der Waals surface area contributed by atoms with E-state index in [4.69, 9.17) is 4.84 Å². The van der Waals surface area contributed by atoms with E-state index in [1.807, 2.05) is 20.3 Å². The van der Waals surface area contributed by atoms with E-state index < -0.39 is 0 Å². The highest BCUT2D eigenvalue weighted by molar-refractivity contribution is 5.60. The summed E-state index contributed by atoms with van der Waals surface area (Å²) >= 11 is 0. The largest absolute Gasteiger partial charge is 0.395 e. The number of fused-ring (bicyclic) bond motifs is 5. The highest BCUT2D eigenvalue weighted by Crippen LogP contribution is 2.66. The molecule has 0 bridgehead atoms. The summed E-state index contributed by atoms with van der Waals surface area (Å²) in [6, 6.07) is 0. The number of hydrogen-bond donors (Lipinski definition) is 2. The van der Waals surface area contributed by atoms with E-state index in [1.54, 1.807) is 0 Å². The lowest BCUT2D eigenvalue weighted by molar-refractivity contribution is -0.165. The van der Waals surface area contributed by atoms with Crippen molar-refractivity contribution in [2.24, 2.45) is 45.6 Å². The topological polar surface area (TPSA) is 65.3 Å². The molecule has 5 heteroatoms. The summed E-state index contributed by atoms with van der Waals surface area (Å²) < 4.78 is 0. The summed E-state index contributed by atoms with van der Waals surface area (Å²) in [4.78, 5) is 7.52. The molecule has 166 valence electrons. The molecule has 2 N–H and O–H groups in total. The Bertz CT molecular complexity index is 611. The van der Waals surface area contributed by atoms with Crippen LogP contribution in [0.5, 0.6) is 0 Å². The number of rotatable bonds is 5. The fourth-order valence-electron chi connectivity index (χ4n) is 7.84. The second-order valence-electron chi connectivity index (χ2n) is 11.4. The van der Waals surface area contributed by atoms with Crippen LogP contribution in [0.15, 0.2) is 5.16 Å². The monoisotopic (exact) mass is 406 g/mol. The minimum atomic E-state index is -0.216. The maximum Gasteiger partial charge on any atom is 0.129 e. The van der Waals surface area contributed by atoms with Crippen LogP contribution >= 0.6 is 0 Å². The zero-order valence-corrected chi connectivity index (χ0v) is 18.9. The first-order chi connectivity index (χ1) is 13.8. The van der Waals surface area contributed by atoms with Gasteiger partial charge in [-0.25, -0.2) is 0 Å². The Morgan fingerprint density at radius 1 is 0.966 bits per heavy atom. The van der Waals surface area contributed by atoms with Crippen LogP contribution in [-0.4, -0.2) is 60.8 Å². The molecule has 0 aromatic rings. The zero-order valence-electron chi connectivity index (χ0n) is 18.9. The molecule has 4 aliphatic rings. The number of nitrogens with zero attached hydrogens (tertiary/aromatic N) is 2. The number of oxime groups is 1. The van der Waals surface area contributed by atoms with Gasteiger partial charge in [-0.15, -0.1) is 0 Å². The van der Waals surface area contributed by atoms with Gasteiger partial charge in [0.25, 0.3) is 0 Å². The van der Waals surface area contributed by atoms with Crippen LogP contribution < -0.4 is 0 Å². The van der Waals surface area contributed by atoms with Crippen molar-refractivity contribution >= 4 is 6.21 Å². The van der Waals surface area contributed by atoms with Crippen molar-refractivity contribution < 1.29 is 15.1 Å². The van der Waals surface area contributed by atoms with Gasteiger partial charge in [0.2, 0.25) is 0 Å². The van der Waals surface area contributed by atoms with Crippen molar-refractivity contribution in [1.82, 2.24) is 4.90 Å². The summed E-state index contributed by atoms with van der Waals surface area (Å²) in [6.07, 6.45) is 10.4. The molecule has 0 aromatic carbocycles. The molecule has 0 amide bonds. The SMILES string of the molecule is CN(C)CCO/N=C\[C@H]1CC[C@@]2(C)[C@H](C1)[C@@H](O)C[C@@H]1[C@@H]2CC[C@]2(C)[C@@H](O)CC[C@@H]12. The van der Waals surface area contributed by atoms with Gasteiger partial charge in [-0.2, -0.15) is 0 Å². The molecular formula is C24H42N2O3. The average molecular weight is 407 g/mol. The standard InChI is InChI=1S/C24H42N2O3/c1-23-9-7-16(15-25-29-12-11-26(3)4)13-20(23)21(27)14-17-18-5-6-22(28)24(18,2)10-8-19(17)23/h15-22,27-28H,5-14H2,1-4H3/b25-15-/t16-,17-,18-,19-,20+,21-,22-,23+,24-/m0/s1. The normalized spacial score (nSPS) is 49.7. The average Bonchev–Trinajstić information content (AvgIpc) is 2.97. The van der Waals surface area contributed by atoms with E-state index in [0.29, 0.717) is 36.2 Å². The summed E-state index contributed by atoms with van der Waals surface area (Å²) in [6.45, 7) is 6.28. The molecule has 0 heterocycles. The van der Waals surface area contributed by atoms with Gasteiger partial charge in [-0.3, -0.25) is 0 Å². The summed E-state index contributed by atoms with van der Waals surface area (Å²) in [5.41, 5.74) is 0.311. The lowest BCUT2D eigenvalue weighted by atomic mass is 9.44. The van der Waals surface area contributed by atoms with E-state index in [9.17, 15) is 10.2 Å². The molecule has 4 aliphatic carbocycles.